The molecule has 1 aliphatic heterocycles. The molecule has 3 N–H and O–H groups in total. The van der Waals surface area contributed by atoms with Crippen molar-refractivity contribution in [3.05, 3.63) is 35.9 Å². The minimum atomic E-state index is -1.92. The van der Waals surface area contributed by atoms with E-state index in [0.29, 0.717) is 68.6 Å². The van der Waals surface area contributed by atoms with Crippen molar-refractivity contribution in [3.63, 3.8) is 0 Å². The highest BCUT2D eigenvalue weighted by Crippen LogP contribution is 2.35. The first-order chi connectivity index (χ1) is 21.0. The van der Waals surface area contributed by atoms with Gasteiger partial charge in [0.05, 0.1) is 19.3 Å². The molecule has 10 nitrogen and oxygen atoms in total. The van der Waals surface area contributed by atoms with Crippen LogP contribution >= 0.6 is 31.9 Å². The predicted molar refractivity (Wildman–Crippen MR) is 177 cm³/mol. The lowest BCUT2D eigenvalue weighted by Crippen LogP contribution is -2.64. The maximum absolute atomic E-state index is 14.4. The van der Waals surface area contributed by atoms with E-state index in [-0.39, 0.29) is 26.2 Å². The number of carbonyl (C=O) groups excluding carboxylic acids is 4. The van der Waals surface area contributed by atoms with Gasteiger partial charge in [-0.05, 0) is 84.2 Å². The van der Waals surface area contributed by atoms with E-state index in [2.05, 4.69) is 37.2 Å². The van der Waals surface area contributed by atoms with Crippen LogP contribution in [0.1, 0.15) is 77.7 Å². The lowest BCUT2D eigenvalue weighted by atomic mass is 9.94. The number of likely N-dealkylation sites (tertiary alicyclic amines) is 1. The number of halogens is 2. The number of esters is 3. The van der Waals surface area contributed by atoms with Gasteiger partial charge in [0.25, 0.3) is 0 Å². The molecule has 0 unspecified atom stereocenters. The number of alkyl halides is 2. The van der Waals surface area contributed by atoms with E-state index in [1.165, 1.54) is 4.90 Å². The molecule has 0 aromatic heterocycles. The number of benzene rings is 1. The summed E-state index contributed by atoms with van der Waals surface area (Å²) in [5.41, 5.74) is 4.00. The fourth-order valence-corrected chi connectivity index (χ4v) is 5.54. The van der Waals surface area contributed by atoms with E-state index in [1.807, 2.05) is 30.3 Å². The van der Waals surface area contributed by atoms with E-state index >= 15 is 0 Å². The molecule has 1 fully saturated rings. The topological polar surface area (TPSA) is 137 Å². The second kappa shape index (κ2) is 19.5. The molecule has 1 saturated heterocycles. The molecule has 0 spiro atoms. The van der Waals surface area contributed by atoms with Crippen LogP contribution in [-0.4, -0.2) is 88.9 Å². The fourth-order valence-electron chi connectivity index (χ4n) is 5.08. The fraction of sp³-hybridized carbons (Fsp3) is 0.688. The van der Waals surface area contributed by atoms with Crippen molar-refractivity contribution < 1.29 is 33.4 Å². The monoisotopic (exact) mass is 745 g/mol. The number of hydrogen-bond donors (Lipinski definition) is 2. The van der Waals surface area contributed by atoms with Crippen LogP contribution in [0.2, 0.25) is 0 Å². The SMILES string of the molecule is CC(C)(C)OC(=O)[C@@]1(C(=O)OCCCBr)CCCN1C(=O)[C@H](CCCCN)N[C@@H](CCc1ccccc1)C(=O)OCCCBr. The second-order valence-electron chi connectivity index (χ2n) is 11.9. The van der Waals surface area contributed by atoms with Gasteiger partial charge in [0.1, 0.15) is 11.6 Å². The summed E-state index contributed by atoms with van der Waals surface area (Å²) < 4.78 is 16.8. The zero-order valence-electron chi connectivity index (χ0n) is 26.3. The Morgan fingerprint density at radius 3 is 2.20 bits per heavy atom. The molecule has 0 saturated carbocycles. The predicted octanol–water partition coefficient (Wildman–Crippen LogP) is 4.43. The number of unbranched alkanes of at least 4 members (excludes halogenated alkanes) is 1. The van der Waals surface area contributed by atoms with Crippen LogP contribution in [0.25, 0.3) is 0 Å². The van der Waals surface area contributed by atoms with Crippen LogP contribution in [-0.2, 0) is 39.8 Å². The molecule has 1 aliphatic rings. The maximum Gasteiger partial charge on any atom is 0.344 e. The Hall–Kier alpha value is -2.02. The zero-order chi connectivity index (χ0) is 32.6. The summed E-state index contributed by atoms with van der Waals surface area (Å²) in [7, 11) is 0. The van der Waals surface area contributed by atoms with Crippen LogP contribution in [0, 0.1) is 0 Å². The molecule has 12 heteroatoms. The van der Waals surface area contributed by atoms with Gasteiger partial charge in [-0.2, -0.15) is 0 Å². The molecular weight excluding hydrogens is 698 g/mol. The van der Waals surface area contributed by atoms with Gasteiger partial charge in [-0.1, -0.05) is 68.6 Å². The average Bonchev–Trinajstić information content (AvgIpc) is 3.44. The van der Waals surface area contributed by atoms with Crippen LogP contribution in [0.4, 0.5) is 0 Å². The highest BCUT2D eigenvalue weighted by Gasteiger charge is 2.59. The number of hydrogen-bond acceptors (Lipinski definition) is 9. The Morgan fingerprint density at radius 1 is 0.932 bits per heavy atom. The van der Waals surface area contributed by atoms with Gasteiger partial charge in [0.2, 0.25) is 11.4 Å². The zero-order valence-corrected chi connectivity index (χ0v) is 29.5. The van der Waals surface area contributed by atoms with Crippen LogP contribution in [0.3, 0.4) is 0 Å². The normalized spacial score (nSPS) is 18.0. The third-order valence-electron chi connectivity index (χ3n) is 7.25. The number of amides is 1. The van der Waals surface area contributed by atoms with E-state index in [1.54, 1.807) is 20.8 Å². The summed E-state index contributed by atoms with van der Waals surface area (Å²) in [5, 5.41) is 4.58. The van der Waals surface area contributed by atoms with Crippen LogP contribution in [0.5, 0.6) is 0 Å². The number of nitrogens with one attached hydrogen (secondary N) is 1. The Labute approximate surface area is 278 Å². The van der Waals surface area contributed by atoms with Gasteiger partial charge >= 0.3 is 17.9 Å². The molecule has 248 valence electrons. The molecular formula is C32H49Br2N3O7. The minimum absolute atomic E-state index is 0.0857. The van der Waals surface area contributed by atoms with Gasteiger partial charge in [0, 0.05) is 17.2 Å². The van der Waals surface area contributed by atoms with E-state index < -0.39 is 47.0 Å². The molecule has 1 amide bonds. The van der Waals surface area contributed by atoms with Gasteiger partial charge in [-0.25, -0.2) is 9.59 Å². The van der Waals surface area contributed by atoms with Crippen molar-refractivity contribution in [3.8, 4) is 0 Å². The highest BCUT2D eigenvalue weighted by atomic mass is 79.9. The first-order valence-corrected chi connectivity index (χ1v) is 17.7. The van der Waals surface area contributed by atoms with Crippen molar-refractivity contribution in [2.24, 2.45) is 5.73 Å². The van der Waals surface area contributed by atoms with Gasteiger partial charge < -0.3 is 24.8 Å². The van der Waals surface area contributed by atoms with Gasteiger partial charge in [-0.3, -0.25) is 14.9 Å². The van der Waals surface area contributed by atoms with Crippen molar-refractivity contribution in [1.82, 2.24) is 10.2 Å². The third kappa shape index (κ3) is 11.7. The van der Waals surface area contributed by atoms with Crippen molar-refractivity contribution in [2.75, 3.05) is 37.0 Å². The first-order valence-electron chi connectivity index (χ1n) is 15.5. The molecule has 1 aromatic carbocycles. The molecule has 3 atom stereocenters. The number of ether oxygens (including phenoxy) is 3. The standard InChI is InChI=1S/C32H49Br2N3O7/c1-31(2,3)44-30(41)32(29(40)43-23-11-19-34)17-9-21-37(32)27(38)25(14-7-8-20-35)36-26(28(39)42-22-10-18-33)16-15-24-12-5-4-6-13-24/h4-6,12-13,25-26,36H,7-11,14-23,35H2,1-3H3/t25-,26-,32-/m0/s1. The van der Waals surface area contributed by atoms with Crippen LogP contribution < -0.4 is 11.1 Å². The smallest absolute Gasteiger partial charge is 0.344 e. The number of nitrogens with zero attached hydrogens (tertiary/aromatic N) is 1. The largest absolute Gasteiger partial charge is 0.464 e. The Balaban J connectivity index is 2.43. The van der Waals surface area contributed by atoms with Gasteiger partial charge in [-0.15, -0.1) is 0 Å². The van der Waals surface area contributed by atoms with E-state index in [4.69, 9.17) is 19.9 Å². The summed E-state index contributed by atoms with van der Waals surface area (Å²) in [5.74, 6) is -2.52. The molecule has 44 heavy (non-hydrogen) atoms. The maximum atomic E-state index is 14.4. The lowest BCUT2D eigenvalue weighted by molar-refractivity contribution is -0.183. The number of carbonyl (C=O) groups is 4. The number of aryl methyl sites for hydroxylation is 1. The summed E-state index contributed by atoms with van der Waals surface area (Å²) >= 11 is 6.68. The summed E-state index contributed by atoms with van der Waals surface area (Å²) in [6.45, 7) is 6.09. The Morgan fingerprint density at radius 2 is 1.59 bits per heavy atom. The summed E-state index contributed by atoms with van der Waals surface area (Å²) in [4.78, 5) is 56.4. The molecule has 0 aliphatic carbocycles. The highest BCUT2D eigenvalue weighted by molar-refractivity contribution is 9.09. The van der Waals surface area contributed by atoms with Crippen molar-refractivity contribution in [2.45, 2.75) is 102 Å². The molecule has 0 bridgehead atoms. The summed E-state index contributed by atoms with van der Waals surface area (Å²) in [6, 6.07) is 8.10. The molecule has 2 rings (SSSR count). The average molecular weight is 748 g/mol. The third-order valence-corrected chi connectivity index (χ3v) is 8.37. The van der Waals surface area contributed by atoms with E-state index in [0.717, 1.165) is 5.56 Å². The summed E-state index contributed by atoms with van der Waals surface area (Å²) in [6.07, 6.45) is 4.31. The van der Waals surface area contributed by atoms with Crippen molar-refractivity contribution in [1.29, 1.82) is 0 Å². The van der Waals surface area contributed by atoms with E-state index in [9.17, 15) is 19.2 Å². The molecule has 0 radical (unpaired) electrons. The second-order valence-corrected chi connectivity index (χ2v) is 13.5. The molecule has 1 aromatic rings. The Bertz CT molecular complexity index is 1050. The lowest BCUT2D eigenvalue weighted by Gasteiger charge is -2.38. The quantitative estimate of drug-likeness (QED) is 0.0693. The number of nitrogens with two attached hydrogens (primary N) is 1. The number of rotatable bonds is 19. The minimum Gasteiger partial charge on any atom is -0.464 e. The molecule has 1 heterocycles. The van der Waals surface area contributed by atoms with Crippen LogP contribution in [0.15, 0.2) is 30.3 Å². The van der Waals surface area contributed by atoms with Gasteiger partial charge in [0.15, 0.2) is 0 Å². The Kier molecular flexibility index (Phi) is 16.9. The van der Waals surface area contributed by atoms with Crippen molar-refractivity contribution >= 4 is 55.7 Å². The first kappa shape index (κ1) is 38.2.